The summed E-state index contributed by atoms with van der Waals surface area (Å²) in [6.07, 6.45) is 19.8. The fraction of sp³-hybridized carbons (Fsp3) is 0.523. The Kier molecular flexibility index (Phi) is 19.3. The fourth-order valence-corrected chi connectivity index (χ4v) is 6.62. The van der Waals surface area contributed by atoms with E-state index in [1.807, 2.05) is 39.8 Å². The average molecular weight is 781 g/mol. The molecule has 2 aliphatic heterocycles. The van der Waals surface area contributed by atoms with Gasteiger partial charge in [0.15, 0.2) is 11.6 Å². The number of methoxy groups -OCH3 is 1. The van der Waals surface area contributed by atoms with Crippen LogP contribution in [-0.2, 0) is 23.9 Å². The molecule has 8 atom stereocenters. The predicted molar refractivity (Wildman–Crippen MR) is 218 cm³/mol. The van der Waals surface area contributed by atoms with Crippen LogP contribution in [0.15, 0.2) is 108 Å². The second kappa shape index (κ2) is 22.5. The molecular weight excluding hydrogens is 716 g/mol. The molecule has 56 heavy (non-hydrogen) atoms. The van der Waals surface area contributed by atoms with Crippen LogP contribution in [0.5, 0.6) is 0 Å². The van der Waals surface area contributed by atoms with Crippen molar-refractivity contribution in [1.82, 2.24) is 10.2 Å². The second-order valence-electron chi connectivity index (χ2n) is 15.0. The zero-order chi connectivity index (χ0) is 42.2. The van der Waals surface area contributed by atoms with Gasteiger partial charge in [-0.1, -0.05) is 113 Å². The lowest BCUT2D eigenvalue weighted by Crippen LogP contribution is -2.60. The number of hydrogen-bond acceptors (Lipinski definition) is 10. The minimum Gasteiger partial charge on any atom is -0.507 e. The lowest BCUT2D eigenvalue weighted by molar-refractivity contribution is -0.314. The molecule has 0 aliphatic carbocycles. The van der Waals surface area contributed by atoms with Crippen LogP contribution in [0, 0.1) is 17.3 Å². The van der Waals surface area contributed by atoms with Gasteiger partial charge in [-0.3, -0.25) is 14.4 Å². The standard InChI is InChI=1S/C44H64N2O10/c1-10-12-16-24-36-43(6,7)35(49)28-44(54,56-36)32(11-2)41(52)45-26-20-19-22-30(4)40(55-9)31(5)39(51)34(48)23-18-15-13-14-17-21-29(3)38(50)37-33(47)25-27-46(8)42(37)53/h10,12-24,31-32,34-36,39-40,48-51,54H,11,25-28H2,1-9H3,(H,45,52)/b12-10-,15-13+,17-14+,20-19+,23-18+,24-16+,29-21+,30-22+,38-37?/t31-,32+,34-,35-,36-,39-,40+,44-/m0/s1. The first-order chi connectivity index (χ1) is 26.4. The summed E-state index contributed by atoms with van der Waals surface area (Å²) >= 11 is 0. The van der Waals surface area contributed by atoms with Gasteiger partial charge in [-0.05, 0) is 38.3 Å². The molecule has 12 nitrogen and oxygen atoms in total. The molecule has 0 aromatic heterocycles. The highest BCUT2D eigenvalue weighted by Crippen LogP contribution is 2.44. The number of aliphatic hydroxyl groups is 5. The van der Waals surface area contributed by atoms with Crippen molar-refractivity contribution >= 4 is 17.6 Å². The number of likely N-dealkylation sites (N-methyl/N-ethyl adjacent to an activating group) is 1. The monoisotopic (exact) mass is 780 g/mol. The number of allylic oxidation sites excluding steroid dienone is 12. The maximum absolute atomic E-state index is 13.2. The van der Waals surface area contributed by atoms with E-state index in [9.17, 15) is 39.9 Å². The molecule has 2 amide bonds. The molecule has 0 spiro atoms. The van der Waals surface area contributed by atoms with Crippen LogP contribution in [0.25, 0.3) is 0 Å². The zero-order valence-corrected chi connectivity index (χ0v) is 34.4. The predicted octanol–water partition coefficient (Wildman–Crippen LogP) is 4.86. The van der Waals surface area contributed by atoms with Gasteiger partial charge in [0.05, 0.1) is 36.4 Å². The molecule has 0 saturated carbocycles. The highest BCUT2D eigenvalue weighted by Gasteiger charge is 2.54. The highest BCUT2D eigenvalue weighted by atomic mass is 16.6. The van der Waals surface area contributed by atoms with Crippen LogP contribution in [0.1, 0.15) is 67.7 Å². The largest absolute Gasteiger partial charge is 0.507 e. The van der Waals surface area contributed by atoms with E-state index in [-0.39, 0.29) is 36.5 Å². The van der Waals surface area contributed by atoms with E-state index < -0.39 is 65.4 Å². The van der Waals surface area contributed by atoms with Crippen LogP contribution >= 0.6 is 0 Å². The van der Waals surface area contributed by atoms with Gasteiger partial charge in [0.2, 0.25) is 5.91 Å². The number of amides is 2. The van der Waals surface area contributed by atoms with E-state index in [1.54, 1.807) is 94.7 Å². The lowest BCUT2D eigenvalue weighted by atomic mass is 9.72. The van der Waals surface area contributed by atoms with Crippen LogP contribution in [0.4, 0.5) is 0 Å². The molecule has 6 N–H and O–H groups in total. The van der Waals surface area contributed by atoms with Crippen LogP contribution in [-0.4, -0.2) is 112 Å². The van der Waals surface area contributed by atoms with Crippen molar-refractivity contribution in [2.24, 2.45) is 17.3 Å². The van der Waals surface area contributed by atoms with Crippen molar-refractivity contribution in [2.75, 3.05) is 27.2 Å². The number of hydrogen-bond donors (Lipinski definition) is 6. The third kappa shape index (κ3) is 12.9. The van der Waals surface area contributed by atoms with Gasteiger partial charge in [0.25, 0.3) is 5.91 Å². The molecule has 2 fully saturated rings. The number of nitrogens with zero attached hydrogens (tertiary/aromatic N) is 1. The lowest BCUT2D eigenvalue weighted by Gasteiger charge is -2.50. The fourth-order valence-electron chi connectivity index (χ4n) is 6.62. The molecule has 2 heterocycles. The number of carbonyl (C=O) groups is 3. The Labute approximate surface area is 332 Å². The Hall–Kier alpha value is -4.17. The normalized spacial score (nSPS) is 26.6. The SMILES string of the molecule is C/C=C\C=C\[C@@H]1O[C@](O)([C@H](CC)C(=O)NC/C=C/C=C(\C)[C@@H](OC)[C@@H](C)[C@H](O)[C@@H](O)/C=C/C=C/C=C/C=C(\C)C(O)=C2C(=O)CCN(C)C2=O)C[C@H](O)C1(C)C. The Morgan fingerprint density at radius 1 is 1.05 bits per heavy atom. The van der Waals surface area contributed by atoms with Gasteiger partial charge in [0.1, 0.15) is 11.3 Å². The van der Waals surface area contributed by atoms with Crippen molar-refractivity contribution < 1.29 is 49.4 Å². The summed E-state index contributed by atoms with van der Waals surface area (Å²) in [7, 11) is 3.10. The number of likely N-dealkylation sites (tertiary alicyclic amines) is 1. The third-order valence-corrected chi connectivity index (χ3v) is 10.4. The van der Waals surface area contributed by atoms with Gasteiger partial charge >= 0.3 is 0 Å². The number of piperidine rings is 1. The number of aliphatic hydroxyl groups excluding tert-OH is 4. The first-order valence-electron chi connectivity index (χ1n) is 19.2. The quantitative estimate of drug-likeness (QED) is 0.0486. The summed E-state index contributed by atoms with van der Waals surface area (Å²) < 4.78 is 11.8. The van der Waals surface area contributed by atoms with Crippen molar-refractivity contribution in [3.8, 4) is 0 Å². The first-order valence-corrected chi connectivity index (χ1v) is 19.2. The van der Waals surface area contributed by atoms with Crippen molar-refractivity contribution in [3.63, 3.8) is 0 Å². The zero-order valence-electron chi connectivity index (χ0n) is 34.4. The maximum atomic E-state index is 13.2. The topological polar surface area (TPSA) is 186 Å². The van der Waals surface area contributed by atoms with Gasteiger partial charge < -0.3 is 45.2 Å². The maximum Gasteiger partial charge on any atom is 0.261 e. The molecular formula is C44H64N2O10. The summed E-state index contributed by atoms with van der Waals surface area (Å²) in [5, 5.41) is 57.3. The van der Waals surface area contributed by atoms with E-state index in [0.717, 1.165) is 5.57 Å². The van der Waals surface area contributed by atoms with E-state index in [2.05, 4.69) is 5.32 Å². The smallest absolute Gasteiger partial charge is 0.261 e. The molecule has 0 unspecified atom stereocenters. The summed E-state index contributed by atoms with van der Waals surface area (Å²) in [5.74, 6) is -4.89. The summed E-state index contributed by atoms with van der Waals surface area (Å²) in [6.45, 7) is 13.1. The van der Waals surface area contributed by atoms with Crippen LogP contribution < -0.4 is 5.32 Å². The summed E-state index contributed by atoms with van der Waals surface area (Å²) in [5.41, 5.74) is 0.270. The molecule has 0 aromatic carbocycles. The summed E-state index contributed by atoms with van der Waals surface area (Å²) in [6, 6.07) is 0. The van der Waals surface area contributed by atoms with Crippen molar-refractivity contribution in [3.05, 3.63) is 108 Å². The highest BCUT2D eigenvalue weighted by molar-refractivity contribution is 6.21. The average Bonchev–Trinajstić information content (AvgIpc) is 3.14. The summed E-state index contributed by atoms with van der Waals surface area (Å²) in [4.78, 5) is 39.1. The van der Waals surface area contributed by atoms with E-state index >= 15 is 0 Å². The number of carbonyl (C=O) groups excluding carboxylic acids is 3. The Balaban J connectivity index is 1.96. The van der Waals surface area contributed by atoms with Gasteiger partial charge in [0, 0.05) is 51.4 Å². The molecule has 2 saturated heterocycles. The number of rotatable bonds is 18. The molecule has 12 heteroatoms. The van der Waals surface area contributed by atoms with E-state index in [4.69, 9.17) is 9.47 Å². The van der Waals surface area contributed by atoms with E-state index in [0.29, 0.717) is 18.5 Å². The number of ether oxygens (including phenoxy) is 2. The second-order valence-corrected chi connectivity index (χ2v) is 15.0. The van der Waals surface area contributed by atoms with Gasteiger partial charge in [-0.2, -0.15) is 0 Å². The van der Waals surface area contributed by atoms with Crippen molar-refractivity contribution in [1.29, 1.82) is 0 Å². The van der Waals surface area contributed by atoms with Gasteiger partial charge in [-0.15, -0.1) is 0 Å². The third-order valence-electron chi connectivity index (χ3n) is 10.4. The molecule has 2 aliphatic rings. The van der Waals surface area contributed by atoms with E-state index in [1.165, 1.54) is 18.1 Å². The number of Topliss-reactive ketones (excluding diaryl/α,β-unsaturated/α-hetero) is 1. The molecule has 0 aromatic rings. The molecule has 310 valence electrons. The minimum absolute atomic E-state index is 0.0999. The first kappa shape index (κ1) is 48.0. The molecule has 0 bridgehead atoms. The van der Waals surface area contributed by atoms with Crippen LogP contribution in [0.3, 0.4) is 0 Å². The Bertz CT molecular complexity index is 1630. The number of ketones is 1. The van der Waals surface area contributed by atoms with Crippen LogP contribution in [0.2, 0.25) is 0 Å². The number of nitrogens with one attached hydrogen (secondary N) is 1. The minimum atomic E-state index is -1.85. The molecule has 0 radical (unpaired) electrons. The van der Waals surface area contributed by atoms with Gasteiger partial charge in [-0.25, -0.2) is 0 Å². The molecule has 2 rings (SSSR count). The Morgan fingerprint density at radius 3 is 2.36 bits per heavy atom. The van der Waals surface area contributed by atoms with Crippen molar-refractivity contribution in [2.45, 2.75) is 104 Å². The Morgan fingerprint density at radius 2 is 1.71 bits per heavy atom.